The summed E-state index contributed by atoms with van der Waals surface area (Å²) >= 11 is 4.76. The molecule has 3 heterocycles. The number of carbonyl (C=O) groups excluding carboxylic acids is 1. The average molecular weight is 541 g/mol. The van der Waals surface area contributed by atoms with Crippen molar-refractivity contribution in [2.75, 3.05) is 18.6 Å². The molecule has 0 bridgehead atoms. The van der Waals surface area contributed by atoms with Gasteiger partial charge in [0.1, 0.15) is 5.58 Å². The van der Waals surface area contributed by atoms with Crippen LogP contribution < -0.4 is 19.8 Å². The summed E-state index contributed by atoms with van der Waals surface area (Å²) < 4.78 is 18.1. The van der Waals surface area contributed by atoms with Gasteiger partial charge in [0, 0.05) is 9.85 Å². The summed E-state index contributed by atoms with van der Waals surface area (Å²) in [5, 5.41) is 2.76. The number of methoxy groups -OCH3 is 1. The molecule has 0 fully saturated rings. The summed E-state index contributed by atoms with van der Waals surface area (Å²) in [6.07, 6.45) is 0.857. The van der Waals surface area contributed by atoms with Crippen LogP contribution in [-0.2, 0) is 0 Å². The van der Waals surface area contributed by atoms with Gasteiger partial charge in [0.2, 0.25) is 5.76 Å². The highest BCUT2D eigenvalue weighted by molar-refractivity contribution is 9.10. The molecule has 1 unspecified atom stereocenters. The molecule has 34 heavy (non-hydrogen) atoms. The summed E-state index contributed by atoms with van der Waals surface area (Å²) in [6, 6.07) is 9.90. The van der Waals surface area contributed by atoms with Gasteiger partial charge in [-0.1, -0.05) is 28.9 Å². The smallest absolute Gasteiger partial charge is 0.297 e. The van der Waals surface area contributed by atoms with E-state index in [-0.39, 0.29) is 16.8 Å². The van der Waals surface area contributed by atoms with Crippen LogP contribution in [0.3, 0.4) is 0 Å². The highest BCUT2D eigenvalue weighted by atomic mass is 79.9. The first kappa shape index (κ1) is 22.6. The van der Waals surface area contributed by atoms with Gasteiger partial charge in [-0.15, -0.1) is 11.3 Å². The van der Waals surface area contributed by atoms with Crippen molar-refractivity contribution in [3.63, 3.8) is 0 Å². The standard InChI is InChI=1S/C25H21BrN2O5S/c1-4-9-32-18-7-5-14(10-19(18)31-3)21-20-22(29)16-11-15(26)6-8-17(16)33-23(20)24(30)28(21)25-27-13(2)12-34-25/h5-8,10-12,21H,4,9H2,1-3H3. The number of hydrogen-bond donors (Lipinski definition) is 0. The van der Waals surface area contributed by atoms with Gasteiger partial charge in [0.25, 0.3) is 5.91 Å². The summed E-state index contributed by atoms with van der Waals surface area (Å²) in [4.78, 5) is 33.4. The summed E-state index contributed by atoms with van der Waals surface area (Å²) in [7, 11) is 1.56. The summed E-state index contributed by atoms with van der Waals surface area (Å²) in [5.41, 5.74) is 1.88. The Balaban J connectivity index is 1.75. The molecule has 1 amide bonds. The number of thiazole rings is 1. The third kappa shape index (κ3) is 3.69. The normalized spacial score (nSPS) is 15.1. The number of amides is 1. The molecular weight excluding hydrogens is 520 g/mol. The van der Waals surface area contributed by atoms with Gasteiger partial charge in [-0.05, 0) is 49.2 Å². The van der Waals surface area contributed by atoms with Crippen LogP contribution in [0, 0.1) is 6.92 Å². The zero-order valence-corrected chi connectivity index (χ0v) is 21.2. The molecule has 0 aliphatic carbocycles. The van der Waals surface area contributed by atoms with Crippen LogP contribution in [0.4, 0.5) is 5.13 Å². The molecule has 0 N–H and O–H groups in total. The second-order valence-electron chi connectivity index (χ2n) is 7.92. The topological polar surface area (TPSA) is 81.9 Å². The number of aromatic nitrogens is 1. The highest BCUT2D eigenvalue weighted by Gasteiger charge is 2.45. The number of rotatable bonds is 6. The fourth-order valence-electron chi connectivity index (χ4n) is 4.10. The summed E-state index contributed by atoms with van der Waals surface area (Å²) in [5.74, 6) is 0.753. The number of carbonyl (C=O) groups is 1. The van der Waals surface area contributed by atoms with E-state index in [4.69, 9.17) is 13.9 Å². The van der Waals surface area contributed by atoms with Crippen LogP contribution in [0.25, 0.3) is 11.0 Å². The Morgan fingerprint density at radius 3 is 2.71 bits per heavy atom. The molecule has 9 heteroatoms. The minimum Gasteiger partial charge on any atom is -0.493 e. The van der Waals surface area contributed by atoms with Crippen molar-refractivity contribution in [1.82, 2.24) is 4.98 Å². The molecule has 0 saturated carbocycles. The molecule has 7 nitrogen and oxygen atoms in total. The number of ether oxygens (including phenoxy) is 2. The van der Waals surface area contributed by atoms with Crippen LogP contribution in [0.5, 0.6) is 11.5 Å². The monoisotopic (exact) mass is 540 g/mol. The number of fused-ring (bicyclic) bond motifs is 2. The number of aryl methyl sites for hydroxylation is 1. The molecule has 174 valence electrons. The minimum atomic E-state index is -0.721. The lowest BCUT2D eigenvalue weighted by atomic mass is 9.98. The predicted molar refractivity (Wildman–Crippen MR) is 134 cm³/mol. The maximum atomic E-state index is 13.7. The van der Waals surface area contributed by atoms with Crippen molar-refractivity contribution < 1.29 is 18.7 Å². The second-order valence-corrected chi connectivity index (χ2v) is 9.67. The fourth-order valence-corrected chi connectivity index (χ4v) is 5.28. The van der Waals surface area contributed by atoms with Gasteiger partial charge in [-0.3, -0.25) is 14.5 Å². The highest BCUT2D eigenvalue weighted by Crippen LogP contribution is 2.44. The van der Waals surface area contributed by atoms with Crippen molar-refractivity contribution >= 4 is 49.3 Å². The van der Waals surface area contributed by atoms with E-state index in [1.165, 1.54) is 16.2 Å². The Bertz CT molecular complexity index is 1480. The number of benzene rings is 2. The molecule has 0 radical (unpaired) electrons. The van der Waals surface area contributed by atoms with E-state index >= 15 is 0 Å². The first-order chi connectivity index (χ1) is 16.4. The molecular formula is C25H21BrN2O5S. The fraction of sp³-hybridized carbons (Fsp3) is 0.240. The molecule has 1 aliphatic rings. The lowest BCUT2D eigenvalue weighted by Gasteiger charge is -2.23. The first-order valence-corrected chi connectivity index (χ1v) is 12.4. The maximum Gasteiger partial charge on any atom is 0.297 e. The Morgan fingerprint density at radius 1 is 1.18 bits per heavy atom. The van der Waals surface area contributed by atoms with E-state index in [0.29, 0.717) is 39.8 Å². The summed E-state index contributed by atoms with van der Waals surface area (Å²) in [6.45, 7) is 4.44. The van der Waals surface area contributed by atoms with Gasteiger partial charge in [-0.2, -0.15) is 0 Å². The van der Waals surface area contributed by atoms with E-state index in [2.05, 4.69) is 20.9 Å². The van der Waals surface area contributed by atoms with Crippen LogP contribution in [0.1, 0.15) is 46.8 Å². The van der Waals surface area contributed by atoms with Crippen LogP contribution in [-0.4, -0.2) is 24.6 Å². The van der Waals surface area contributed by atoms with E-state index in [0.717, 1.165) is 16.6 Å². The number of hydrogen-bond acceptors (Lipinski definition) is 7. The molecule has 5 rings (SSSR count). The number of nitrogens with zero attached hydrogens (tertiary/aromatic N) is 2. The van der Waals surface area contributed by atoms with Crippen LogP contribution >= 0.6 is 27.3 Å². The van der Waals surface area contributed by atoms with Crippen molar-refractivity contribution in [3.05, 3.63) is 79.1 Å². The zero-order chi connectivity index (χ0) is 24.0. The molecule has 4 aromatic rings. The van der Waals surface area contributed by atoms with Crippen LogP contribution in [0.15, 0.2) is 55.5 Å². The molecule has 0 spiro atoms. The van der Waals surface area contributed by atoms with Crippen molar-refractivity contribution in [2.45, 2.75) is 26.3 Å². The number of anilines is 1. The third-order valence-corrected chi connectivity index (χ3v) is 7.06. The van der Waals surface area contributed by atoms with E-state index in [1.54, 1.807) is 37.4 Å². The Hall–Kier alpha value is -3.17. The van der Waals surface area contributed by atoms with Crippen molar-refractivity contribution in [3.8, 4) is 11.5 Å². The van der Waals surface area contributed by atoms with Gasteiger partial charge < -0.3 is 13.9 Å². The molecule has 1 aliphatic heterocycles. The zero-order valence-electron chi connectivity index (χ0n) is 18.8. The first-order valence-electron chi connectivity index (χ1n) is 10.8. The lowest BCUT2D eigenvalue weighted by Crippen LogP contribution is -2.29. The maximum absolute atomic E-state index is 13.7. The SMILES string of the molecule is CCCOc1ccc(C2c3c(oc4ccc(Br)cc4c3=O)C(=O)N2c2nc(C)cs2)cc1OC. The van der Waals surface area contributed by atoms with E-state index < -0.39 is 11.9 Å². The Labute approximate surface area is 208 Å². The molecule has 0 saturated heterocycles. The quantitative estimate of drug-likeness (QED) is 0.304. The van der Waals surface area contributed by atoms with Crippen molar-refractivity contribution in [1.29, 1.82) is 0 Å². The molecule has 2 aromatic heterocycles. The van der Waals surface area contributed by atoms with E-state index in [9.17, 15) is 9.59 Å². The lowest BCUT2D eigenvalue weighted by molar-refractivity contribution is 0.0971. The molecule has 2 aromatic carbocycles. The Morgan fingerprint density at radius 2 is 2.00 bits per heavy atom. The largest absolute Gasteiger partial charge is 0.493 e. The minimum absolute atomic E-state index is 0.0305. The van der Waals surface area contributed by atoms with Crippen LogP contribution in [0.2, 0.25) is 0 Å². The number of halogens is 1. The predicted octanol–water partition coefficient (Wildman–Crippen LogP) is 5.87. The van der Waals surface area contributed by atoms with E-state index in [1.807, 2.05) is 25.3 Å². The van der Waals surface area contributed by atoms with Gasteiger partial charge in [0.05, 0.1) is 36.4 Å². The third-order valence-electron chi connectivity index (χ3n) is 5.61. The Kier molecular flexibility index (Phi) is 5.91. The average Bonchev–Trinajstić information content (AvgIpc) is 3.39. The second kappa shape index (κ2) is 8.88. The molecule has 1 atom stereocenters. The van der Waals surface area contributed by atoms with Gasteiger partial charge in [-0.25, -0.2) is 4.98 Å². The van der Waals surface area contributed by atoms with Crippen molar-refractivity contribution in [2.24, 2.45) is 0 Å². The van der Waals surface area contributed by atoms with Gasteiger partial charge >= 0.3 is 0 Å². The van der Waals surface area contributed by atoms with Gasteiger partial charge in [0.15, 0.2) is 22.1 Å².